The Bertz CT molecular complexity index is 197. The monoisotopic (exact) mass is 200 g/mol. The highest BCUT2D eigenvalue weighted by molar-refractivity contribution is 5.73. The molecule has 0 aromatic heterocycles. The van der Waals surface area contributed by atoms with Crippen molar-refractivity contribution in [1.29, 1.82) is 0 Å². The number of nitrogens with one attached hydrogen (secondary N) is 1. The molecular weight excluding hydrogens is 180 g/mol. The molecule has 0 spiro atoms. The van der Waals surface area contributed by atoms with Crippen molar-refractivity contribution in [2.75, 3.05) is 13.1 Å². The lowest BCUT2D eigenvalue weighted by Crippen LogP contribution is -2.41. The molecule has 3 atom stereocenters. The quantitative estimate of drug-likeness (QED) is 0.601. The number of rotatable bonds is 5. The van der Waals surface area contributed by atoms with Crippen LogP contribution in [0.2, 0.25) is 0 Å². The summed E-state index contributed by atoms with van der Waals surface area (Å²) in [6.07, 6.45) is 3.87. The number of carbonyl (C=O) groups is 1. The fourth-order valence-electron chi connectivity index (χ4n) is 2.04. The molecule has 4 N–H and O–H groups in total. The molecule has 1 aliphatic rings. The summed E-state index contributed by atoms with van der Waals surface area (Å²) in [5.41, 5.74) is 5.37. The molecule has 82 valence electrons. The van der Waals surface area contributed by atoms with E-state index in [-0.39, 0.29) is 0 Å². The molecule has 1 rings (SSSR count). The molecule has 14 heavy (non-hydrogen) atoms. The van der Waals surface area contributed by atoms with E-state index in [0.29, 0.717) is 12.5 Å². The number of nitrogens with two attached hydrogens (primary N) is 1. The first-order valence-electron chi connectivity index (χ1n) is 5.30. The van der Waals surface area contributed by atoms with Crippen LogP contribution in [-0.4, -0.2) is 30.2 Å². The molecule has 0 saturated heterocycles. The highest BCUT2D eigenvalue weighted by atomic mass is 16.4. The standard InChI is InChI=1S/C10H20N2O2/c1-7-3-2-4-8(7)5-12-6-9(11)10(13)14/h7-9,12H,2-6,11H2,1H3,(H,13,14). The molecule has 0 heterocycles. The van der Waals surface area contributed by atoms with Crippen LogP contribution in [0.5, 0.6) is 0 Å². The molecule has 0 radical (unpaired) electrons. The third kappa shape index (κ3) is 3.27. The fraction of sp³-hybridized carbons (Fsp3) is 0.900. The SMILES string of the molecule is CC1CCCC1CNCC(N)C(=O)O. The van der Waals surface area contributed by atoms with Crippen LogP contribution in [0.4, 0.5) is 0 Å². The minimum absolute atomic E-state index is 0.374. The summed E-state index contributed by atoms with van der Waals surface area (Å²) in [6.45, 7) is 3.54. The number of hydrogen-bond acceptors (Lipinski definition) is 3. The van der Waals surface area contributed by atoms with Crippen LogP contribution in [0, 0.1) is 11.8 Å². The van der Waals surface area contributed by atoms with Gasteiger partial charge in [0.25, 0.3) is 0 Å². The molecule has 1 saturated carbocycles. The van der Waals surface area contributed by atoms with Gasteiger partial charge in [-0.05, 0) is 24.8 Å². The second-order valence-corrected chi connectivity index (χ2v) is 4.27. The van der Waals surface area contributed by atoms with E-state index in [1.807, 2.05) is 0 Å². The maximum absolute atomic E-state index is 10.4. The summed E-state index contributed by atoms with van der Waals surface area (Å²) >= 11 is 0. The Labute approximate surface area is 84.9 Å². The van der Waals surface area contributed by atoms with Crippen molar-refractivity contribution < 1.29 is 9.90 Å². The Hall–Kier alpha value is -0.610. The van der Waals surface area contributed by atoms with E-state index in [1.165, 1.54) is 19.3 Å². The lowest BCUT2D eigenvalue weighted by molar-refractivity contribution is -0.138. The molecule has 0 bridgehead atoms. The van der Waals surface area contributed by atoms with Gasteiger partial charge in [0.1, 0.15) is 6.04 Å². The molecule has 1 aliphatic carbocycles. The van der Waals surface area contributed by atoms with E-state index in [0.717, 1.165) is 12.5 Å². The van der Waals surface area contributed by atoms with Crippen molar-refractivity contribution in [2.24, 2.45) is 17.6 Å². The highest BCUT2D eigenvalue weighted by Crippen LogP contribution is 2.30. The number of carboxylic acids is 1. The Kier molecular flexibility index (Phi) is 4.35. The summed E-state index contributed by atoms with van der Waals surface area (Å²) in [6, 6.07) is -0.772. The Morgan fingerprint density at radius 3 is 2.86 bits per heavy atom. The van der Waals surface area contributed by atoms with E-state index in [9.17, 15) is 4.79 Å². The first kappa shape index (κ1) is 11.5. The van der Waals surface area contributed by atoms with Crippen LogP contribution < -0.4 is 11.1 Å². The first-order valence-corrected chi connectivity index (χ1v) is 5.30. The van der Waals surface area contributed by atoms with Crippen LogP contribution in [0.25, 0.3) is 0 Å². The normalized spacial score (nSPS) is 29.0. The molecule has 4 heteroatoms. The maximum atomic E-state index is 10.4. The van der Waals surface area contributed by atoms with Gasteiger partial charge in [0.05, 0.1) is 0 Å². The number of hydrogen-bond donors (Lipinski definition) is 3. The van der Waals surface area contributed by atoms with Crippen LogP contribution in [0.15, 0.2) is 0 Å². The predicted octanol–water partition coefficient (Wildman–Crippen LogP) is 0.424. The largest absolute Gasteiger partial charge is 0.480 e. The molecule has 0 aromatic carbocycles. The minimum Gasteiger partial charge on any atom is -0.480 e. The van der Waals surface area contributed by atoms with E-state index in [2.05, 4.69) is 12.2 Å². The van der Waals surface area contributed by atoms with Crippen molar-refractivity contribution in [3.8, 4) is 0 Å². The van der Waals surface area contributed by atoms with Gasteiger partial charge in [-0.1, -0.05) is 19.8 Å². The van der Waals surface area contributed by atoms with Gasteiger partial charge < -0.3 is 16.2 Å². The van der Waals surface area contributed by atoms with Crippen LogP contribution in [0.3, 0.4) is 0 Å². The maximum Gasteiger partial charge on any atom is 0.321 e. The van der Waals surface area contributed by atoms with E-state index >= 15 is 0 Å². The zero-order valence-electron chi connectivity index (χ0n) is 8.70. The van der Waals surface area contributed by atoms with E-state index < -0.39 is 12.0 Å². The smallest absolute Gasteiger partial charge is 0.321 e. The van der Waals surface area contributed by atoms with E-state index in [1.54, 1.807) is 0 Å². The average Bonchev–Trinajstić information content (AvgIpc) is 2.51. The van der Waals surface area contributed by atoms with Crippen LogP contribution in [-0.2, 0) is 4.79 Å². The Balaban J connectivity index is 2.11. The topological polar surface area (TPSA) is 75.3 Å². The predicted molar refractivity (Wildman–Crippen MR) is 55.0 cm³/mol. The van der Waals surface area contributed by atoms with Gasteiger partial charge in [-0.15, -0.1) is 0 Å². The van der Waals surface area contributed by atoms with Crippen LogP contribution in [0.1, 0.15) is 26.2 Å². The lowest BCUT2D eigenvalue weighted by Gasteiger charge is -2.16. The van der Waals surface area contributed by atoms with Crippen LogP contribution >= 0.6 is 0 Å². The van der Waals surface area contributed by atoms with Crippen molar-refractivity contribution >= 4 is 5.97 Å². The zero-order valence-corrected chi connectivity index (χ0v) is 8.70. The average molecular weight is 200 g/mol. The number of aliphatic carboxylic acids is 1. The summed E-state index contributed by atoms with van der Waals surface area (Å²) < 4.78 is 0. The van der Waals surface area contributed by atoms with Crippen molar-refractivity contribution in [3.63, 3.8) is 0 Å². The summed E-state index contributed by atoms with van der Waals surface area (Å²) in [4.78, 5) is 10.4. The summed E-state index contributed by atoms with van der Waals surface area (Å²) in [5, 5.41) is 11.7. The molecule has 0 amide bonds. The van der Waals surface area contributed by atoms with Crippen molar-refractivity contribution in [2.45, 2.75) is 32.2 Å². The molecular formula is C10H20N2O2. The van der Waals surface area contributed by atoms with Gasteiger partial charge in [0.2, 0.25) is 0 Å². The third-order valence-corrected chi connectivity index (χ3v) is 3.13. The summed E-state index contributed by atoms with van der Waals surface area (Å²) in [5.74, 6) is 0.538. The fourth-order valence-corrected chi connectivity index (χ4v) is 2.04. The number of carboxylic acid groups (broad SMARTS) is 1. The second-order valence-electron chi connectivity index (χ2n) is 4.27. The second kappa shape index (κ2) is 5.32. The van der Waals surface area contributed by atoms with Gasteiger partial charge in [0, 0.05) is 6.54 Å². The first-order chi connectivity index (χ1) is 6.61. The van der Waals surface area contributed by atoms with Crippen molar-refractivity contribution in [1.82, 2.24) is 5.32 Å². The minimum atomic E-state index is -0.933. The molecule has 4 nitrogen and oxygen atoms in total. The van der Waals surface area contributed by atoms with Gasteiger partial charge in [-0.2, -0.15) is 0 Å². The van der Waals surface area contributed by atoms with E-state index in [4.69, 9.17) is 10.8 Å². The van der Waals surface area contributed by atoms with Gasteiger partial charge in [-0.25, -0.2) is 0 Å². The van der Waals surface area contributed by atoms with Gasteiger partial charge in [0.15, 0.2) is 0 Å². The molecule has 0 aliphatic heterocycles. The van der Waals surface area contributed by atoms with Gasteiger partial charge >= 0.3 is 5.97 Å². The van der Waals surface area contributed by atoms with Gasteiger partial charge in [-0.3, -0.25) is 4.79 Å². The lowest BCUT2D eigenvalue weighted by atomic mass is 9.98. The Morgan fingerprint density at radius 2 is 2.36 bits per heavy atom. The molecule has 0 aromatic rings. The highest BCUT2D eigenvalue weighted by Gasteiger charge is 2.23. The zero-order chi connectivity index (χ0) is 10.6. The summed E-state index contributed by atoms with van der Waals surface area (Å²) in [7, 11) is 0. The Morgan fingerprint density at radius 1 is 1.64 bits per heavy atom. The third-order valence-electron chi connectivity index (χ3n) is 3.13. The van der Waals surface area contributed by atoms with Crippen molar-refractivity contribution in [3.05, 3.63) is 0 Å². The molecule has 3 unspecified atom stereocenters. The molecule has 1 fully saturated rings.